The molecular formula is C21H24N2O2. The molecule has 1 heterocycles. The highest BCUT2D eigenvalue weighted by Gasteiger charge is 2.14. The highest BCUT2D eigenvalue weighted by atomic mass is 16.5. The van der Waals surface area contributed by atoms with Crippen molar-refractivity contribution in [2.75, 3.05) is 26.2 Å². The lowest BCUT2D eigenvalue weighted by Crippen LogP contribution is -2.28. The van der Waals surface area contributed by atoms with Gasteiger partial charge >= 0.3 is 0 Å². The lowest BCUT2D eigenvalue weighted by atomic mass is 10.1. The van der Waals surface area contributed by atoms with Crippen LogP contribution in [0.3, 0.4) is 0 Å². The van der Waals surface area contributed by atoms with Crippen LogP contribution in [-0.2, 0) is 0 Å². The van der Waals surface area contributed by atoms with Crippen molar-refractivity contribution >= 4 is 10.8 Å². The summed E-state index contributed by atoms with van der Waals surface area (Å²) in [6.07, 6.45) is 0. The molecule has 0 aliphatic rings. The first-order chi connectivity index (χ1) is 12.2. The van der Waals surface area contributed by atoms with E-state index in [1.165, 1.54) is 0 Å². The van der Waals surface area contributed by atoms with Crippen LogP contribution in [0.15, 0.2) is 59.4 Å². The van der Waals surface area contributed by atoms with Crippen molar-refractivity contribution in [3.05, 3.63) is 65.0 Å². The lowest BCUT2D eigenvalue weighted by Gasteiger charge is -2.19. The van der Waals surface area contributed by atoms with Crippen molar-refractivity contribution in [1.29, 1.82) is 0 Å². The van der Waals surface area contributed by atoms with Crippen LogP contribution in [0.2, 0.25) is 0 Å². The third-order valence-corrected chi connectivity index (χ3v) is 4.49. The van der Waals surface area contributed by atoms with E-state index in [1.807, 2.05) is 54.6 Å². The Labute approximate surface area is 148 Å². The number of H-pyrrole nitrogens is 1. The number of likely N-dealkylation sites (N-methyl/N-ethyl adjacent to an activating group) is 1. The highest BCUT2D eigenvalue weighted by molar-refractivity contribution is 5.92. The quantitative estimate of drug-likeness (QED) is 0.711. The number of pyridine rings is 1. The number of nitrogens with one attached hydrogen (secondary N) is 1. The molecule has 0 saturated heterocycles. The van der Waals surface area contributed by atoms with Crippen LogP contribution < -0.4 is 10.3 Å². The van der Waals surface area contributed by atoms with E-state index in [0.29, 0.717) is 12.0 Å². The minimum atomic E-state index is -0.0921. The Bertz CT molecular complexity index is 883. The Morgan fingerprint density at radius 2 is 1.56 bits per heavy atom. The van der Waals surface area contributed by atoms with E-state index in [-0.39, 0.29) is 5.56 Å². The third-order valence-electron chi connectivity index (χ3n) is 4.49. The number of nitrogens with zero attached hydrogens (tertiary/aromatic N) is 1. The van der Waals surface area contributed by atoms with Crippen LogP contribution in [0.5, 0.6) is 5.75 Å². The molecule has 4 nitrogen and oxygen atoms in total. The van der Waals surface area contributed by atoms with Gasteiger partial charge < -0.3 is 14.6 Å². The van der Waals surface area contributed by atoms with E-state index in [9.17, 15) is 4.79 Å². The highest BCUT2D eigenvalue weighted by Crippen LogP contribution is 2.33. The predicted octanol–water partition coefficient (Wildman–Crippen LogP) is 3.92. The molecule has 0 spiro atoms. The fourth-order valence-electron chi connectivity index (χ4n) is 3.03. The molecule has 0 bridgehead atoms. The molecule has 0 atom stereocenters. The molecule has 0 amide bonds. The summed E-state index contributed by atoms with van der Waals surface area (Å²) in [6.45, 7) is 7.73. The van der Waals surface area contributed by atoms with Crippen molar-refractivity contribution in [3.63, 3.8) is 0 Å². The maximum Gasteiger partial charge on any atom is 0.256 e. The third kappa shape index (κ3) is 3.74. The Morgan fingerprint density at radius 1 is 0.920 bits per heavy atom. The zero-order chi connectivity index (χ0) is 17.6. The molecule has 130 valence electrons. The largest absolute Gasteiger partial charge is 0.489 e. The molecule has 1 N–H and O–H groups in total. The summed E-state index contributed by atoms with van der Waals surface area (Å²) in [6, 6.07) is 17.4. The standard InChI is InChI=1S/C21H24N2O2/c1-3-23(4-2)14-15-25-20-17-12-8-9-13-18(17)21(24)22-19(20)16-10-6-5-7-11-16/h5-13H,3-4,14-15H2,1-2H3,(H,22,24). The topological polar surface area (TPSA) is 45.3 Å². The molecule has 0 aliphatic heterocycles. The molecule has 3 rings (SSSR count). The van der Waals surface area contributed by atoms with Crippen LogP contribution in [-0.4, -0.2) is 36.1 Å². The van der Waals surface area contributed by atoms with Crippen molar-refractivity contribution in [2.24, 2.45) is 0 Å². The zero-order valence-corrected chi connectivity index (χ0v) is 14.8. The van der Waals surface area contributed by atoms with E-state index in [2.05, 4.69) is 23.7 Å². The van der Waals surface area contributed by atoms with Gasteiger partial charge in [-0.05, 0) is 19.2 Å². The van der Waals surface area contributed by atoms with Gasteiger partial charge in [-0.25, -0.2) is 0 Å². The Kier molecular flexibility index (Phi) is 5.51. The van der Waals surface area contributed by atoms with Gasteiger partial charge in [0.2, 0.25) is 0 Å². The number of hydrogen-bond donors (Lipinski definition) is 1. The average Bonchev–Trinajstić information content (AvgIpc) is 2.67. The minimum absolute atomic E-state index is 0.0921. The van der Waals surface area contributed by atoms with Crippen LogP contribution >= 0.6 is 0 Å². The van der Waals surface area contributed by atoms with Gasteiger partial charge in [-0.2, -0.15) is 0 Å². The number of ether oxygens (including phenoxy) is 1. The SMILES string of the molecule is CCN(CC)CCOc1c(-c2ccccc2)[nH]c(=O)c2ccccc12. The number of fused-ring (bicyclic) bond motifs is 1. The van der Waals surface area contributed by atoms with Gasteiger partial charge in [0.15, 0.2) is 5.75 Å². The monoisotopic (exact) mass is 336 g/mol. The number of aromatic nitrogens is 1. The van der Waals surface area contributed by atoms with Crippen LogP contribution in [0.25, 0.3) is 22.0 Å². The summed E-state index contributed by atoms with van der Waals surface area (Å²) >= 11 is 0. The summed E-state index contributed by atoms with van der Waals surface area (Å²) in [5, 5.41) is 1.50. The maximum atomic E-state index is 12.5. The molecule has 1 aromatic heterocycles. The van der Waals surface area contributed by atoms with E-state index < -0.39 is 0 Å². The van der Waals surface area contributed by atoms with Gasteiger partial charge in [0, 0.05) is 17.5 Å². The van der Waals surface area contributed by atoms with Crippen molar-refractivity contribution < 1.29 is 4.74 Å². The summed E-state index contributed by atoms with van der Waals surface area (Å²) in [5.74, 6) is 0.744. The van der Waals surface area contributed by atoms with Crippen molar-refractivity contribution in [2.45, 2.75) is 13.8 Å². The van der Waals surface area contributed by atoms with Crippen molar-refractivity contribution in [1.82, 2.24) is 9.88 Å². The molecule has 0 unspecified atom stereocenters. The summed E-state index contributed by atoms with van der Waals surface area (Å²) in [5.41, 5.74) is 1.59. The second-order valence-electron chi connectivity index (χ2n) is 5.95. The molecular weight excluding hydrogens is 312 g/mol. The summed E-state index contributed by atoms with van der Waals surface area (Å²) in [4.78, 5) is 17.8. The Morgan fingerprint density at radius 3 is 2.24 bits per heavy atom. The number of rotatable bonds is 7. The predicted molar refractivity (Wildman–Crippen MR) is 103 cm³/mol. The van der Waals surface area contributed by atoms with Crippen molar-refractivity contribution in [3.8, 4) is 17.0 Å². The van der Waals surface area contributed by atoms with E-state index >= 15 is 0 Å². The second-order valence-corrected chi connectivity index (χ2v) is 5.95. The zero-order valence-electron chi connectivity index (χ0n) is 14.8. The molecule has 0 fully saturated rings. The van der Waals surface area contributed by atoms with Crippen LogP contribution in [0.1, 0.15) is 13.8 Å². The average molecular weight is 336 g/mol. The summed E-state index contributed by atoms with van der Waals surface area (Å²) < 4.78 is 6.18. The molecule has 0 saturated carbocycles. The minimum Gasteiger partial charge on any atom is -0.489 e. The lowest BCUT2D eigenvalue weighted by molar-refractivity contribution is 0.224. The maximum absolute atomic E-state index is 12.5. The molecule has 0 radical (unpaired) electrons. The molecule has 3 aromatic rings. The van der Waals surface area contributed by atoms with Gasteiger partial charge in [-0.15, -0.1) is 0 Å². The first-order valence-corrected chi connectivity index (χ1v) is 8.80. The van der Waals surface area contributed by atoms with Gasteiger partial charge in [-0.3, -0.25) is 4.79 Å². The van der Waals surface area contributed by atoms with E-state index in [4.69, 9.17) is 4.74 Å². The number of hydrogen-bond acceptors (Lipinski definition) is 3. The van der Waals surface area contributed by atoms with Gasteiger partial charge in [0.05, 0.1) is 11.1 Å². The Hall–Kier alpha value is -2.59. The smallest absolute Gasteiger partial charge is 0.256 e. The first kappa shape index (κ1) is 17.2. The Balaban J connectivity index is 2.04. The molecule has 0 aliphatic carbocycles. The van der Waals surface area contributed by atoms with Gasteiger partial charge in [0.25, 0.3) is 5.56 Å². The summed E-state index contributed by atoms with van der Waals surface area (Å²) in [7, 11) is 0. The fraction of sp³-hybridized carbons (Fsp3) is 0.286. The molecule has 4 heteroatoms. The van der Waals surface area contributed by atoms with Crippen LogP contribution in [0, 0.1) is 0 Å². The van der Waals surface area contributed by atoms with Gasteiger partial charge in [-0.1, -0.05) is 62.4 Å². The second kappa shape index (κ2) is 7.99. The van der Waals surface area contributed by atoms with Gasteiger partial charge in [0.1, 0.15) is 6.61 Å². The van der Waals surface area contributed by atoms with E-state index in [0.717, 1.165) is 42.0 Å². The van der Waals surface area contributed by atoms with Crippen LogP contribution in [0.4, 0.5) is 0 Å². The first-order valence-electron chi connectivity index (χ1n) is 8.80. The molecule has 25 heavy (non-hydrogen) atoms. The number of aromatic amines is 1. The number of benzene rings is 2. The fourth-order valence-corrected chi connectivity index (χ4v) is 3.03. The van der Waals surface area contributed by atoms with E-state index in [1.54, 1.807) is 0 Å². The normalized spacial score (nSPS) is 11.2. The molecule has 2 aromatic carbocycles.